The fourth-order valence-corrected chi connectivity index (χ4v) is 4.02. The summed E-state index contributed by atoms with van der Waals surface area (Å²) in [4.78, 5) is 62.9. The molecule has 0 spiro atoms. The van der Waals surface area contributed by atoms with Crippen LogP contribution in [-0.4, -0.2) is 47.2 Å². The number of carbonyl (C=O) groups is 3. The predicted octanol–water partition coefficient (Wildman–Crippen LogP) is 2.03. The van der Waals surface area contributed by atoms with E-state index in [4.69, 9.17) is 26.8 Å². The van der Waals surface area contributed by atoms with Gasteiger partial charge >= 0.3 is 17.6 Å². The number of nitrogens with two attached hydrogens (primary N) is 1. The van der Waals surface area contributed by atoms with Crippen LogP contribution in [0.5, 0.6) is 5.75 Å². The Hall–Kier alpha value is -3.90. The third-order valence-corrected chi connectivity index (χ3v) is 5.90. The van der Waals surface area contributed by atoms with Crippen molar-refractivity contribution in [2.45, 2.75) is 13.1 Å². The van der Waals surface area contributed by atoms with E-state index in [1.54, 1.807) is 42.5 Å². The molecule has 1 heterocycles. The molecule has 0 aliphatic heterocycles. The lowest BCUT2D eigenvalue weighted by atomic mass is 10.2. The second-order valence-corrected chi connectivity index (χ2v) is 8.82. The Morgan fingerprint density at radius 3 is 2.35 bits per heavy atom. The van der Waals surface area contributed by atoms with Gasteiger partial charge in [-0.1, -0.05) is 41.9 Å². The minimum atomic E-state index is -1.11. The molecule has 194 valence electrons. The maximum Gasteiger partial charge on any atom is 0.344 e. The number of nitrogen functional groups attached to an aromatic ring is 1. The summed E-state index contributed by atoms with van der Waals surface area (Å²) < 4.78 is 16.9. The van der Waals surface area contributed by atoms with E-state index >= 15 is 0 Å². The number of carbonyl (C=O) groups excluding carboxylic acids is 3. The fraction of sp³-hybridized carbons (Fsp3) is 0.208. The molecular weight excluding hydrogens is 574 g/mol. The third-order valence-electron chi connectivity index (χ3n) is 5.05. The number of ketones is 1. The number of nitrogens with zero attached hydrogens (tertiary/aromatic N) is 2. The molecule has 0 saturated heterocycles. The zero-order valence-corrected chi connectivity index (χ0v) is 21.8. The van der Waals surface area contributed by atoms with Crippen molar-refractivity contribution in [1.29, 1.82) is 0 Å². The fourth-order valence-electron chi connectivity index (χ4n) is 3.22. The monoisotopic (exact) mass is 593 g/mol. The van der Waals surface area contributed by atoms with Gasteiger partial charge in [-0.3, -0.25) is 19.0 Å². The largest absolute Gasteiger partial charge is 0.481 e. The van der Waals surface area contributed by atoms with Crippen molar-refractivity contribution in [3.63, 3.8) is 0 Å². The molecule has 11 nitrogen and oxygen atoms in total. The van der Waals surface area contributed by atoms with Crippen molar-refractivity contribution in [1.82, 2.24) is 9.13 Å². The summed E-state index contributed by atoms with van der Waals surface area (Å²) in [6, 6.07) is 13.3. The normalized spacial score (nSPS) is 10.6. The van der Waals surface area contributed by atoms with Gasteiger partial charge in [-0.25, -0.2) is 14.2 Å². The Kier molecular flexibility index (Phi) is 9.25. The molecule has 0 aliphatic carbocycles. The second kappa shape index (κ2) is 12.4. The lowest BCUT2D eigenvalue weighted by Gasteiger charge is -2.16. The highest BCUT2D eigenvalue weighted by molar-refractivity contribution is 9.10. The number of benzene rings is 2. The first-order valence-corrected chi connectivity index (χ1v) is 11.8. The van der Waals surface area contributed by atoms with Gasteiger partial charge in [0.2, 0.25) is 5.78 Å². The quantitative estimate of drug-likeness (QED) is 0.275. The Bertz CT molecular complexity index is 1450. The highest BCUT2D eigenvalue weighted by Gasteiger charge is 2.25. The molecule has 3 rings (SSSR count). The zero-order valence-electron chi connectivity index (χ0n) is 19.4. The number of rotatable bonds is 10. The molecule has 0 bridgehead atoms. The van der Waals surface area contributed by atoms with E-state index in [9.17, 15) is 24.0 Å². The average molecular weight is 595 g/mol. The molecule has 0 atom stereocenters. The standard InChI is InChI=1S/C24H21BrClN3O8/c1-35-19(31)11-29-23(33)21(22(27)28(24(29)34)10-14-5-3-2-4-6-14)17(30)12-37-20(32)13-36-18-8-7-15(26)9-16(18)25/h2-9H,10-13,27H2,1H3. The lowest BCUT2D eigenvalue weighted by molar-refractivity contribution is -0.145. The van der Waals surface area contributed by atoms with Crippen LogP contribution in [0.25, 0.3) is 0 Å². The van der Waals surface area contributed by atoms with E-state index in [0.717, 1.165) is 11.7 Å². The molecule has 0 aliphatic rings. The Morgan fingerprint density at radius 2 is 1.70 bits per heavy atom. The molecule has 0 saturated carbocycles. The summed E-state index contributed by atoms with van der Waals surface area (Å²) in [6.45, 7) is -2.22. The molecule has 13 heteroatoms. The molecule has 37 heavy (non-hydrogen) atoms. The number of ether oxygens (including phenoxy) is 3. The van der Waals surface area contributed by atoms with Crippen molar-refractivity contribution in [2.24, 2.45) is 0 Å². The average Bonchev–Trinajstić information content (AvgIpc) is 2.87. The second-order valence-electron chi connectivity index (χ2n) is 7.53. The van der Waals surface area contributed by atoms with Gasteiger partial charge in [-0.2, -0.15) is 0 Å². The van der Waals surface area contributed by atoms with Gasteiger partial charge in [0.05, 0.1) is 18.1 Å². The summed E-state index contributed by atoms with van der Waals surface area (Å²) in [5.74, 6) is -2.87. The Labute approximate surface area is 223 Å². The van der Waals surface area contributed by atoms with E-state index in [1.807, 2.05) is 0 Å². The number of Topliss-reactive ketones (excluding diaryl/α,β-unsaturated/α-hetero) is 1. The Morgan fingerprint density at radius 1 is 1.00 bits per heavy atom. The highest BCUT2D eigenvalue weighted by Crippen LogP contribution is 2.27. The topological polar surface area (TPSA) is 149 Å². The molecule has 0 fully saturated rings. The van der Waals surface area contributed by atoms with Crippen molar-refractivity contribution in [3.05, 3.63) is 90.0 Å². The number of halogens is 2. The van der Waals surface area contributed by atoms with Gasteiger partial charge < -0.3 is 19.9 Å². The first kappa shape index (κ1) is 27.7. The maximum absolute atomic E-state index is 13.0. The molecule has 0 amide bonds. The molecule has 0 unspecified atom stereocenters. The summed E-state index contributed by atoms with van der Waals surface area (Å²) in [5.41, 5.74) is 4.09. The molecular formula is C24H21BrClN3O8. The van der Waals surface area contributed by atoms with Crippen LogP contribution >= 0.6 is 27.5 Å². The van der Waals surface area contributed by atoms with Crippen LogP contribution in [0.4, 0.5) is 5.82 Å². The van der Waals surface area contributed by atoms with Gasteiger partial charge in [-0.15, -0.1) is 0 Å². The summed E-state index contributed by atoms with van der Waals surface area (Å²) in [7, 11) is 1.09. The molecule has 2 N–H and O–H groups in total. The molecule has 2 aromatic carbocycles. The minimum absolute atomic E-state index is 0.0865. The number of esters is 2. The van der Waals surface area contributed by atoms with Crippen LogP contribution in [0.15, 0.2) is 62.6 Å². The van der Waals surface area contributed by atoms with Crippen LogP contribution in [0.1, 0.15) is 15.9 Å². The number of methoxy groups -OCH3 is 1. The van der Waals surface area contributed by atoms with E-state index in [0.29, 0.717) is 25.4 Å². The van der Waals surface area contributed by atoms with Crippen LogP contribution in [0.2, 0.25) is 5.02 Å². The van der Waals surface area contributed by atoms with Gasteiger partial charge in [-0.05, 0) is 39.7 Å². The van der Waals surface area contributed by atoms with Crippen molar-refractivity contribution in [2.75, 3.05) is 26.1 Å². The number of hydrogen-bond donors (Lipinski definition) is 1. The molecule has 3 aromatic rings. The number of hydrogen-bond acceptors (Lipinski definition) is 9. The summed E-state index contributed by atoms with van der Waals surface area (Å²) >= 11 is 9.11. The van der Waals surface area contributed by atoms with Gasteiger partial charge in [0, 0.05) is 5.02 Å². The Balaban J connectivity index is 1.84. The predicted molar refractivity (Wildman–Crippen MR) is 137 cm³/mol. The summed E-state index contributed by atoms with van der Waals surface area (Å²) in [6.07, 6.45) is 0. The first-order valence-electron chi connectivity index (χ1n) is 10.6. The van der Waals surface area contributed by atoms with E-state index in [1.165, 1.54) is 6.07 Å². The SMILES string of the molecule is COC(=O)Cn1c(=O)c(C(=O)COC(=O)COc2ccc(Cl)cc2Br)c(N)n(Cc2ccccc2)c1=O. The molecule has 0 radical (unpaired) electrons. The summed E-state index contributed by atoms with van der Waals surface area (Å²) in [5, 5.41) is 0.455. The van der Waals surface area contributed by atoms with Crippen LogP contribution in [-0.2, 0) is 32.2 Å². The van der Waals surface area contributed by atoms with Gasteiger partial charge in [0.25, 0.3) is 5.56 Å². The van der Waals surface area contributed by atoms with Gasteiger partial charge in [0.15, 0.2) is 13.2 Å². The molecule has 1 aromatic heterocycles. The smallest absolute Gasteiger partial charge is 0.344 e. The highest BCUT2D eigenvalue weighted by atomic mass is 79.9. The first-order chi connectivity index (χ1) is 17.6. The van der Waals surface area contributed by atoms with Crippen molar-refractivity contribution >= 4 is 51.1 Å². The van der Waals surface area contributed by atoms with E-state index in [2.05, 4.69) is 20.7 Å². The lowest BCUT2D eigenvalue weighted by Crippen LogP contribution is -2.46. The third kappa shape index (κ3) is 6.86. The zero-order chi connectivity index (χ0) is 27.1. The van der Waals surface area contributed by atoms with Crippen LogP contribution in [0, 0.1) is 0 Å². The van der Waals surface area contributed by atoms with Crippen LogP contribution in [0.3, 0.4) is 0 Å². The number of aromatic nitrogens is 2. The maximum atomic E-state index is 13.0. The van der Waals surface area contributed by atoms with Crippen molar-refractivity contribution < 1.29 is 28.6 Å². The minimum Gasteiger partial charge on any atom is -0.481 e. The number of anilines is 1. The van der Waals surface area contributed by atoms with Crippen LogP contribution < -0.4 is 21.7 Å². The van der Waals surface area contributed by atoms with Gasteiger partial charge in [0.1, 0.15) is 23.7 Å². The van der Waals surface area contributed by atoms with E-state index in [-0.39, 0.29) is 6.54 Å². The van der Waals surface area contributed by atoms with Crippen molar-refractivity contribution in [3.8, 4) is 5.75 Å². The van der Waals surface area contributed by atoms with E-state index < -0.39 is 60.1 Å².